The molecule has 0 atom stereocenters. The zero-order valence-electron chi connectivity index (χ0n) is 10.9. The van der Waals surface area contributed by atoms with Crippen LogP contribution in [0.4, 0.5) is 0 Å². The van der Waals surface area contributed by atoms with Crippen molar-refractivity contribution < 1.29 is 9.53 Å². The van der Waals surface area contributed by atoms with Crippen molar-refractivity contribution in [3.8, 4) is 5.75 Å². The molecule has 3 heteroatoms. The Balaban J connectivity index is 2.31. The van der Waals surface area contributed by atoms with Crippen molar-refractivity contribution in [1.82, 2.24) is 5.32 Å². The fraction of sp³-hybridized carbons (Fsp3) is 0.500. The smallest absolute Gasteiger partial charge is 0.220 e. The molecule has 0 unspecified atom stereocenters. The van der Waals surface area contributed by atoms with Crippen LogP contribution in [0.5, 0.6) is 5.75 Å². The van der Waals surface area contributed by atoms with E-state index in [-0.39, 0.29) is 5.91 Å². The van der Waals surface area contributed by atoms with Gasteiger partial charge in [0.05, 0.1) is 6.54 Å². The van der Waals surface area contributed by atoms with Gasteiger partial charge in [0, 0.05) is 6.42 Å². The number of carbonyl (C=O) groups excluding carboxylic acids is 1. The molecule has 0 aromatic heterocycles. The van der Waals surface area contributed by atoms with Crippen molar-refractivity contribution in [3.05, 3.63) is 29.3 Å². The van der Waals surface area contributed by atoms with E-state index >= 15 is 0 Å². The summed E-state index contributed by atoms with van der Waals surface area (Å²) in [7, 11) is 0. The van der Waals surface area contributed by atoms with Crippen LogP contribution in [0.25, 0.3) is 0 Å². The first-order valence-electron chi connectivity index (χ1n) is 6.10. The maximum atomic E-state index is 11.2. The van der Waals surface area contributed by atoms with E-state index in [9.17, 15) is 4.79 Å². The molecule has 0 fully saturated rings. The van der Waals surface area contributed by atoms with Gasteiger partial charge in [-0.2, -0.15) is 0 Å². The number of aryl methyl sites for hydroxylation is 2. The molecule has 1 rings (SSSR count). The van der Waals surface area contributed by atoms with E-state index in [0.29, 0.717) is 19.6 Å². The minimum Gasteiger partial charge on any atom is -0.491 e. The molecule has 94 valence electrons. The lowest BCUT2D eigenvalue weighted by Gasteiger charge is -2.10. The molecule has 0 radical (unpaired) electrons. The Morgan fingerprint density at radius 1 is 1.35 bits per heavy atom. The van der Waals surface area contributed by atoms with Crippen LogP contribution in [-0.2, 0) is 4.79 Å². The minimum absolute atomic E-state index is 0.0945. The summed E-state index contributed by atoms with van der Waals surface area (Å²) in [6.45, 7) is 7.12. The lowest BCUT2D eigenvalue weighted by atomic mass is 10.1. The Bertz CT molecular complexity index is 374. The summed E-state index contributed by atoms with van der Waals surface area (Å²) in [5.74, 6) is 0.992. The molecule has 1 amide bonds. The Morgan fingerprint density at radius 3 is 2.82 bits per heavy atom. The van der Waals surface area contributed by atoms with E-state index in [2.05, 4.69) is 11.4 Å². The third kappa shape index (κ3) is 4.89. The molecule has 17 heavy (non-hydrogen) atoms. The first-order valence-corrected chi connectivity index (χ1v) is 6.10. The van der Waals surface area contributed by atoms with E-state index < -0.39 is 0 Å². The zero-order valence-corrected chi connectivity index (χ0v) is 10.9. The first-order chi connectivity index (χ1) is 8.13. The number of carbonyl (C=O) groups is 1. The van der Waals surface area contributed by atoms with Gasteiger partial charge in [0.25, 0.3) is 0 Å². The number of rotatable bonds is 6. The largest absolute Gasteiger partial charge is 0.491 e. The predicted molar refractivity (Wildman–Crippen MR) is 69.3 cm³/mol. The fourth-order valence-electron chi connectivity index (χ4n) is 1.53. The molecular formula is C14H21NO2. The van der Waals surface area contributed by atoms with Gasteiger partial charge >= 0.3 is 0 Å². The molecule has 1 N–H and O–H groups in total. The maximum Gasteiger partial charge on any atom is 0.220 e. The summed E-state index contributed by atoms with van der Waals surface area (Å²) in [6, 6.07) is 6.12. The molecule has 0 bridgehead atoms. The molecule has 0 spiro atoms. The van der Waals surface area contributed by atoms with Gasteiger partial charge in [0.2, 0.25) is 5.91 Å². The van der Waals surface area contributed by atoms with Gasteiger partial charge in [-0.05, 0) is 37.5 Å². The third-order valence-electron chi connectivity index (χ3n) is 2.50. The summed E-state index contributed by atoms with van der Waals surface area (Å²) < 4.78 is 5.63. The highest BCUT2D eigenvalue weighted by molar-refractivity contribution is 5.75. The van der Waals surface area contributed by atoms with Crippen LogP contribution in [0.3, 0.4) is 0 Å². The SMILES string of the molecule is CCCC(=O)NCCOc1cc(C)ccc1C. The molecule has 0 saturated carbocycles. The van der Waals surface area contributed by atoms with Gasteiger partial charge in [-0.15, -0.1) is 0 Å². The van der Waals surface area contributed by atoms with Crippen LogP contribution in [0.2, 0.25) is 0 Å². The predicted octanol–water partition coefficient (Wildman–Crippen LogP) is 2.60. The van der Waals surface area contributed by atoms with Gasteiger partial charge in [-0.3, -0.25) is 4.79 Å². The quantitative estimate of drug-likeness (QED) is 0.770. The summed E-state index contributed by atoms with van der Waals surface area (Å²) >= 11 is 0. The molecule has 1 aromatic carbocycles. The summed E-state index contributed by atoms with van der Waals surface area (Å²) in [4.78, 5) is 11.2. The second kappa shape index (κ2) is 6.94. The van der Waals surface area contributed by atoms with Crippen LogP contribution in [0.15, 0.2) is 18.2 Å². The Labute approximate surface area is 103 Å². The van der Waals surface area contributed by atoms with Crippen molar-refractivity contribution in [2.45, 2.75) is 33.6 Å². The van der Waals surface area contributed by atoms with Crippen LogP contribution in [0.1, 0.15) is 30.9 Å². The molecule has 1 aromatic rings. The number of hydrogen-bond donors (Lipinski definition) is 1. The van der Waals surface area contributed by atoms with Crippen molar-refractivity contribution in [1.29, 1.82) is 0 Å². The average Bonchev–Trinajstić information content (AvgIpc) is 2.29. The van der Waals surface area contributed by atoms with Crippen molar-refractivity contribution in [2.75, 3.05) is 13.2 Å². The topological polar surface area (TPSA) is 38.3 Å². The van der Waals surface area contributed by atoms with Crippen LogP contribution >= 0.6 is 0 Å². The van der Waals surface area contributed by atoms with Crippen molar-refractivity contribution >= 4 is 5.91 Å². The number of hydrogen-bond acceptors (Lipinski definition) is 2. The lowest BCUT2D eigenvalue weighted by molar-refractivity contribution is -0.121. The van der Waals surface area contributed by atoms with Gasteiger partial charge in [0.1, 0.15) is 12.4 Å². The maximum absolute atomic E-state index is 11.2. The molecule has 0 saturated heterocycles. The summed E-state index contributed by atoms with van der Waals surface area (Å²) in [5, 5.41) is 2.82. The molecule has 0 aliphatic carbocycles. The van der Waals surface area contributed by atoms with E-state index in [4.69, 9.17) is 4.74 Å². The van der Waals surface area contributed by atoms with E-state index in [1.165, 1.54) is 5.56 Å². The minimum atomic E-state index is 0.0945. The van der Waals surface area contributed by atoms with Crippen LogP contribution in [-0.4, -0.2) is 19.1 Å². The number of ether oxygens (including phenoxy) is 1. The molecule has 0 heterocycles. The van der Waals surface area contributed by atoms with E-state index in [1.807, 2.05) is 32.9 Å². The lowest BCUT2D eigenvalue weighted by Crippen LogP contribution is -2.27. The first kappa shape index (κ1) is 13.6. The highest BCUT2D eigenvalue weighted by Gasteiger charge is 2.01. The highest BCUT2D eigenvalue weighted by Crippen LogP contribution is 2.18. The third-order valence-corrected chi connectivity index (χ3v) is 2.50. The number of benzene rings is 1. The normalized spacial score (nSPS) is 10.1. The number of nitrogens with one attached hydrogen (secondary N) is 1. The van der Waals surface area contributed by atoms with E-state index in [1.54, 1.807) is 0 Å². The Hall–Kier alpha value is -1.51. The Kier molecular flexibility index (Phi) is 5.53. The second-order valence-electron chi connectivity index (χ2n) is 4.22. The molecule has 0 aliphatic heterocycles. The monoisotopic (exact) mass is 235 g/mol. The van der Waals surface area contributed by atoms with Crippen molar-refractivity contribution in [2.24, 2.45) is 0 Å². The van der Waals surface area contributed by atoms with Crippen LogP contribution in [0, 0.1) is 13.8 Å². The molecule has 3 nitrogen and oxygen atoms in total. The van der Waals surface area contributed by atoms with E-state index in [0.717, 1.165) is 17.7 Å². The molecular weight excluding hydrogens is 214 g/mol. The van der Waals surface area contributed by atoms with Gasteiger partial charge in [-0.1, -0.05) is 19.1 Å². The average molecular weight is 235 g/mol. The zero-order chi connectivity index (χ0) is 12.7. The Morgan fingerprint density at radius 2 is 2.12 bits per heavy atom. The van der Waals surface area contributed by atoms with Gasteiger partial charge in [-0.25, -0.2) is 0 Å². The fourth-order valence-corrected chi connectivity index (χ4v) is 1.53. The van der Waals surface area contributed by atoms with Gasteiger partial charge in [0.15, 0.2) is 0 Å². The second-order valence-corrected chi connectivity index (χ2v) is 4.22. The number of amides is 1. The van der Waals surface area contributed by atoms with Crippen molar-refractivity contribution in [3.63, 3.8) is 0 Å². The highest BCUT2D eigenvalue weighted by atomic mass is 16.5. The summed E-state index contributed by atoms with van der Waals surface area (Å²) in [6.07, 6.45) is 1.47. The molecule has 0 aliphatic rings. The standard InChI is InChI=1S/C14H21NO2/c1-4-5-14(16)15-8-9-17-13-10-11(2)6-7-12(13)3/h6-7,10H,4-5,8-9H2,1-3H3,(H,15,16). The summed E-state index contributed by atoms with van der Waals surface area (Å²) in [5.41, 5.74) is 2.30. The van der Waals surface area contributed by atoms with Gasteiger partial charge < -0.3 is 10.1 Å². The van der Waals surface area contributed by atoms with Crippen LogP contribution < -0.4 is 10.1 Å².